The first kappa shape index (κ1) is 12.9. The number of amides is 1. The summed E-state index contributed by atoms with van der Waals surface area (Å²) >= 11 is 5.52. The molecule has 2 N–H and O–H groups in total. The number of likely N-dealkylation sites (tertiary alicyclic amines) is 1. The van der Waals surface area contributed by atoms with Gasteiger partial charge in [0.1, 0.15) is 23.8 Å². The Morgan fingerprint density at radius 1 is 1.50 bits per heavy atom. The van der Waals surface area contributed by atoms with E-state index in [4.69, 9.17) is 21.4 Å². The summed E-state index contributed by atoms with van der Waals surface area (Å²) in [5, 5.41) is 18.4. The van der Waals surface area contributed by atoms with Crippen molar-refractivity contribution in [2.24, 2.45) is 0 Å². The molecule has 1 aromatic carbocycles. The van der Waals surface area contributed by atoms with Gasteiger partial charge >= 0.3 is 6.09 Å². The zero-order valence-corrected chi connectivity index (χ0v) is 9.97. The number of β-amino-alcohol motifs (C(OH)–C–C–N with tert-alkyl or cyclic N) is 1. The topological polar surface area (TPSA) is 70.0 Å². The largest absolute Gasteiger partial charge is 0.486 e. The normalized spacial score (nSPS) is 23.2. The number of benzene rings is 1. The molecule has 1 aliphatic rings. The van der Waals surface area contributed by atoms with Gasteiger partial charge < -0.3 is 19.8 Å². The number of ether oxygens (including phenoxy) is 1. The van der Waals surface area contributed by atoms with Crippen LogP contribution in [0, 0.1) is 5.82 Å². The van der Waals surface area contributed by atoms with Crippen LogP contribution in [0.5, 0.6) is 5.75 Å². The fourth-order valence-electron chi connectivity index (χ4n) is 1.75. The first-order valence-corrected chi connectivity index (χ1v) is 5.63. The van der Waals surface area contributed by atoms with Crippen molar-refractivity contribution in [3.05, 3.63) is 29.0 Å². The van der Waals surface area contributed by atoms with Gasteiger partial charge in [-0.1, -0.05) is 11.6 Å². The summed E-state index contributed by atoms with van der Waals surface area (Å²) in [4.78, 5) is 11.8. The first-order valence-electron chi connectivity index (χ1n) is 5.25. The third-order valence-corrected chi connectivity index (χ3v) is 2.99. The molecule has 1 amide bonds. The summed E-state index contributed by atoms with van der Waals surface area (Å²) in [6.45, 7) is 0.0246. The minimum atomic E-state index is -1.12. The number of carbonyl (C=O) groups is 1. The van der Waals surface area contributed by atoms with E-state index < -0.39 is 24.1 Å². The fourth-order valence-corrected chi connectivity index (χ4v) is 1.87. The first-order chi connectivity index (χ1) is 8.47. The predicted molar refractivity (Wildman–Crippen MR) is 61.4 cm³/mol. The molecule has 0 radical (unpaired) electrons. The Balaban J connectivity index is 2.05. The molecule has 7 heteroatoms. The van der Waals surface area contributed by atoms with Crippen LogP contribution < -0.4 is 4.74 Å². The molecule has 2 unspecified atom stereocenters. The zero-order chi connectivity index (χ0) is 13.3. The second kappa shape index (κ2) is 4.99. The van der Waals surface area contributed by atoms with Crippen molar-refractivity contribution in [2.75, 3.05) is 13.1 Å². The van der Waals surface area contributed by atoms with Gasteiger partial charge in [0, 0.05) is 6.07 Å². The lowest BCUT2D eigenvalue weighted by atomic mass is 10.2. The van der Waals surface area contributed by atoms with Gasteiger partial charge in [-0.2, -0.15) is 0 Å². The lowest BCUT2D eigenvalue weighted by Gasteiger charge is -2.16. The highest BCUT2D eigenvalue weighted by Crippen LogP contribution is 2.23. The fraction of sp³-hybridized carbons (Fsp3) is 0.364. The van der Waals surface area contributed by atoms with Gasteiger partial charge in [-0.25, -0.2) is 9.18 Å². The molecular weight excluding hydrogens is 265 g/mol. The minimum absolute atomic E-state index is 0.0178. The smallest absolute Gasteiger partial charge is 0.407 e. The molecule has 1 heterocycles. The second-order valence-electron chi connectivity index (χ2n) is 3.99. The minimum Gasteiger partial charge on any atom is -0.486 e. The van der Waals surface area contributed by atoms with Gasteiger partial charge in [0.15, 0.2) is 0 Å². The summed E-state index contributed by atoms with van der Waals surface area (Å²) in [5.41, 5.74) is 0. The van der Waals surface area contributed by atoms with E-state index in [2.05, 4.69) is 0 Å². The Labute approximate surface area is 107 Å². The maximum atomic E-state index is 13.2. The number of aliphatic hydroxyl groups excluding tert-OH is 1. The van der Waals surface area contributed by atoms with Crippen molar-refractivity contribution in [3.8, 4) is 5.75 Å². The molecule has 5 nitrogen and oxygen atoms in total. The lowest BCUT2D eigenvalue weighted by Crippen LogP contribution is -2.30. The third-order valence-electron chi connectivity index (χ3n) is 2.69. The quantitative estimate of drug-likeness (QED) is 0.860. The predicted octanol–water partition coefficient (Wildman–Crippen LogP) is 1.58. The van der Waals surface area contributed by atoms with E-state index in [1.54, 1.807) is 0 Å². The van der Waals surface area contributed by atoms with Crippen LogP contribution in [0.4, 0.5) is 9.18 Å². The van der Waals surface area contributed by atoms with Crippen LogP contribution in [-0.2, 0) is 0 Å². The molecule has 0 saturated carbocycles. The van der Waals surface area contributed by atoms with Gasteiger partial charge in [-0.05, 0) is 12.1 Å². The molecule has 0 aliphatic carbocycles. The standard InChI is InChI=1S/C11H11ClFNO4/c12-7-2-1-6(3-8(7)13)18-10-5-14(11(16)17)4-9(10)15/h1-3,9-10,15H,4-5H2,(H,16,17). The average molecular weight is 276 g/mol. The molecule has 0 aromatic heterocycles. The number of aliphatic hydroxyl groups is 1. The number of nitrogens with zero attached hydrogens (tertiary/aromatic N) is 1. The highest BCUT2D eigenvalue weighted by Gasteiger charge is 2.35. The van der Waals surface area contributed by atoms with Crippen molar-refractivity contribution >= 4 is 17.7 Å². The summed E-state index contributed by atoms with van der Waals surface area (Å²) in [5.74, 6) is -0.426. The summed E-state index contributed by atoms with van der Waals surface area (Å²) in [6.07, 6.45) is -2.76. The number of carboxylic acid groups (broad SMARTS) is 1. The molecular formula is C11H11ClFNO4. The van der Waals surface area contributed by atoms with Gasteiger partial charge in [0.25, 0.3) is 0 Å². The van der Waals surface area contributed by atoms with Crippen molar-refractivity contribution in [1.29, 1.82) is 0 Å². The van der Waals surface area contributed by atoms with E-state index >= 15 is 0 Å². The third kappa shape index (κ3) is 2.65. The Hall–Kier alpha value is -1.53. The number of hydrogen-bond acceptors (Lipinski definition) is 3. The van der Waals surface area contributed by atoms with Crippen LogP contribution in [-0.4, -0.2) is 46.5 Å². The molecule has 18 heavy (non-hydrogen) atoms. The number of halogens is 2. The molecule has 0 spiro atoms. The highest BCUT2D eigenvalue weighted by atomic mass is 35.5. The summed E-state index contributed by atoms with van der Waals surface area (Å²) in [6, 6.07) is 3.89. The Morgan fingerprint density at radius 3 is 2.78 bits per heavy atom. The van der Waals surface area contributed by atoms with E-state index in [9.17, 15) is 14.3 Å². The SMILES string of the molecule is O=C(O)N1CC(O)C(Oc2ccc(Cl)c(F)c2)C1. The number of hydrogen-bond donors (Lipinski definition) is 2. The molecule has 2 rings (SSSR count). The van der Waals surface area contributed by atoms with Gasteiger partial charge in [0.05, 0.1) is 18.1 Å². The van der Waals surface area contributed by atoms with Gasteiger partial charge in [-0.15, -0.1) is 0 Å². The molecule has 2 atom stereocenters. The molecule has 0 bridgehead atoms. The highest BCUT2D eigenvalue weighted by molar-refractivity contribution is 6.30. The van der Waals surface area contributed by atoms with E-state index in [0.29, 0.717) is 0 Å². The monoisotopic (exact) mass is 275 g/mol. The summed E-state index contributed by atoms with van der Waals surface area (Å²) < 4.78 is 18.5. The number of rotatable bonds is 2. The maximum Gasteiger partial charge on any atom is 0.407 e. The zero-order valence-electron chi connectivity index (χ0n) is 9.22. The van der Waals surface area contributed by atoms with Crippen molar-refractivity contribution in [1.82, 2.24) is 4.90 Å². The van der Waals surface area contributed by atoms with E-state index in [-0.39, 0.29) is 23.9 Å². The van der Waals surface area contributed by atoms with E-state index in [0.717, 1.165) is 11.0 Å². The van der Waals surface area contributed by atoms with Crippen molar-refractivity contribution < 1.29 is 24.1 Å². The second-order valence-corrected chi connectivity index (χ2v) is 4.39. The van der Waals surface area contributed by atoms with Crippen LogP contribution in [0.1, 0.15) is 0 Å². The van der Waals surface area contributed by atoms with E-state index in [1.165, 1.54) is 12.1 Å². The van der Waals surface area contributed by atoms with Gasteiger partial charge in [-0.3, -0.25) is 0 Å². The molecule has 98 valence electrons. The molecule has 1 aliphatic heterocycles. The van der Waals surface area contributed by atoms with Crippen LogP contribution in [0.15, 0.2) is 18.2 Å². The maximum absolute atomic E-state index is 13.2. The van der Waals surface area contributed by atoms with Crippen LogP contribution in [0.3, 0.4) is 0 Å². The van der Waals surface area contributed by atoms with Crippen LogP contribution in [0.2, 0.25) is 5.02 Å². The Bertz CT molecular complexity index is 470. The Morgan fingerprint density at radius 2 is 2.22 bits per heavy atom. The van der Waals surface area contributed by atoms with Crippen LogP contribution >= 0.6 is 11.6 Å². The molecule has 1 saturated heterocycles. The Kier molecular flexibility index (Phi) is 3.58. The van der Waals surface area contributed by atoms with Crippen LogP contribution in [0.25, 0.3) is 0 Å². The molecule has 1 fully saturated rings. The lowest BCUT2D eigenvalue weighted by molar-refractivity contribution is 0.0734. The summed E-state index contributed by atoms with van der Waals surface area (Å²) in [7, 11) is 0. The average Bonchev–Trinajstić information content (AvgIpc) is 2.66. The van der Waals surface area contributed by atoms with E-state index in [1.807, 2.05) is 0 Å². The van der Waals surface area contributed by atoms with Crippen molar-refractivity contribution in [2.45, 2.75) is 12.2 Å². The molecule has 1 aromatic rings. The van der Waals surface area contributed by atoms with Crippen molar-refractivity contribution in [3.63, 3.8) is 0 Å². The van der Waals surface area contributed by atoms with Gasteiger partial charge in [0.2, 0.25) is 0 Å².